The topological polar surface area (TPSA) is 49.9 Å². The number of anilines is 2. The second-order valence-corrected chi connectivity index (χ2v) is 6.36. The molecule has 5 heteroatoms. The number of likely N-dealkylation sites (tertiary alicyclic amines) is 1. The van der Waals surface area contributed by atoms with Gasteiger partial charge in [-0.2, -0.15) is 0 Å². The number of hydrogen-bond acceptors (Lipinski definition) is 4. The molecule has 0 unspecified atom stereocenters. The Morgan fingerprint density at radius 2 is 1.38 bits per heavy atom. The Morgan fingerprint density at radius 1 is 0.846 bits per heavy atom. The second-order valence-electron chi connectivity index (χ2n) is 6.36. The number of para-hydroxylation sites is 2. The zero-order valence-corrected chi connectivity index (χ0v) is 14.8. The van der Waals surface area contributed by atoms with E-state index in [2.05, 4.69) is 0 Å². The van der Waals surface area contributed by atoms with E-state index in [1.165, 1.54) is 0 Å². The molecule has 3 rings (SSSR count). The fourth-order valence-electron chi connectivity index (χ4n) is 3.10. The van der Waals surface area contributed by atoms with Crippen molar-refractivity contribution in [3.63, 3.8) is 0 Å². The number of amides is 1. The number of nitrogens with zero attached hydrogens (tertiary/aromatic N) is 2. The molecular formula is C21H24N2O3. The lowest BCUT2D eigenvalue weighted by molar-refractivity contribution is -0.151. The Kier molecular flexibility index (Phi) is 6.25. The smallest absolute Gasteiger partial charge is 0.326 e. The van der Waals surface area contributed by atoms with Crippen LogP contribution in [0.2, 0.25) is 0 Å². The molecule has 1 aliphatic rings. The van der Waals surface area contributed by atoms with Crippen molar-refractivity contribution < 1.29 is 14.3 Å². The molecule has 0 spiro atoms. The van der Waals surface area contributed by atoms with Crippen molar-refractivity contribution in [3.05, 3.63) is 60.7 Å². The number of hydrogen-bond donors (Lipinski definition) is 0. The Bertz CT molecular complexity index is 673. The van der Waals surface area contributed by atoms with Crippen LogP contribution in [0.1, 0.15) is 19.3 Å². The van der Waals surface area contributed by atoms with Crippen LogP contribution in [0.5, 0.6) is 0 Å². The summed E-state index contributed by atoms with van der Waals surface area (Å²) in [5, 5.41) is 0. The molecule has 0 radical (unpaired) electrons. The Morgan fingerprint density at radius 3 is 1.92 bits per heavy atom. The van der Waals surface area contributed by atoms with Crippen LogP contribution < -0.4 is 4.90 Å². The third kappa shape index (κ3) is 4.85. The lowest BCUT2D eigenvalue weighted by atomic mass is 10.1. The highest BCUT2D eigenvalue weighted by Gasteiger charge is 2.19. The van der Waals surface area contributed by atoms with Crippen LogP contribution in [0.3, 0.4) is 0 Å². The number of piperidine rings is 1. The highest BCUT2D eigenvalue weighted by atomic mass is 16.5. The van der Waals surface area contributed by atoms with Gasteiger partial charge in [0.2, 0.25) is 0 Å². The minimum absolute atomic E-state index is 0.0569. The highest BCUT2D eigenvalue weighted by molar-refractivity contribution is 5.84. The average Bonchev–Trinajstić information content (AvgIpc) is 2.72. The average molecular weight is 352 g/mol. The van der Waals surface area contributed by atoms with Crippen LogP contribution in [-0.4, -0.2) is 43.0 Å². The summed E-state index contributed by atoms with van der Waals surface area (Å²) in [5.41, 5.74) is 1.80. The van der Waals surface area contributed by atoms with E-state index in [4.69, 9.17) is 4.74 Å². The van der Waals surface area contributed by atoms with E-state index in [0.29, 0.717) is 0 Å². The molecule has 1 fully saturated rings. The first kappa shape index (κ1) is 18.0. The third-order valence-corrected chi connectivity index (χ3v) is 4.49. The molecule has 2 aromatic rings. The number of esters is 1. The largest absolute Gasteiger partial charge is 0.454 e. The van der Waals surface area contributed by atoms with Crippen molar-refractivity contribution in [2.45, 2.75) is 19.3 Å². The van der Waals surface area contributed by atoms with E-state index in [-0.39, 0.29) is 19.1 Å². The Labute approximate surface area is 154 Å². The summed E-state index contributed by atoms with van der Waals surface area (Å²) in [6, 6.07) is 19.3. The van der Waals surface area contributed by atoms with E-state index in [0.717, 1.165) is 43.7 Å². The van der Waals surface area contributed by atoms with Gasteiger partial charge in [-0.15, -0.1) is 0 Å². The van der Waals surface area contributed by atoms with Gasteiger partial charge in [0, 0.05) is 24.5 Å². The number of carbonyl (C=O) groups excluding carboxylic acids is 2. The maximum Gasteiger partial charge on any atom is 0.326 e. The van der Waals surface area contributed by atoms with Crippen LogP contribution in [-0.2, 0) is 14.3 Å². The normalized spacial score (nSPS) is 13.9. The number of rotatable bonds is 6. The number of carbonyl (C=O) groups is 2. The van der Waals surface area contributed by atoms with Gasteiger partial charge in [-0.25, -0.2) is 0 Å². The summed E-state index contributed by atoms with van der Waals surface area (Å²) >= 11 is 0. The van der Waals surface area contributed by atoms with Crippen molar-refractivity contribution in [1.82, 2.24) is 4.90 Å². The summed E-state index contributed by atoms with van der Waals surface area (Å²) < 4.78 is 5.26. The number of ether oxygens (including phenoxy) is 1. The molecule has 0 aromatic heterocycles. The molecule has 0 N–H and O–H groups in total. The molecule has 0 atom stereocenters. The first-order valence-corrected chi connectivity index (χ1v) is 9.05. The minimum atomic E-state index is -0.414. The van der Waals surface area contributed by atoms with E-state index in [1.807, 2.05) is 65.6 Å². The van der Waals surface area contributed by atoms with E-state index in [1.54, 1.807) is 4.90 Å². The fraction of sp³-hybridized carbons (Fsp3) is 0.333. The van der Waals surface area contributed by atoms with Crippen molar-refractivity contribution in [1.29, 1.82) is 0 Å². The van der Waals surface area contributed by atoms with E-state index >= 15 is 0 Å². The van der Waals surface area contributed by atoms with Crippen LogP contribution in [0.4, 0.5) is 11.4 Å². The third-order valence-electron chi connectivity index (χ3n) is 4.49. The first-order valence-electron chi connectivity index (χ1n) is 9.05. The molecule has 0 aliphatic carbocycles. The predicted molar refractivity (Wildman–Crippen MR) is 101 cm³/mol. The molecule has 0 saturated carbocycles. The van der Waals surface area contributed by atoms with Crippen LogP contribution in [0.15, 0.2) is 60.7 Å². The standard InChI is InChI=1S/C21H24N2O3/c24-20(22-14-8-3-9-15-22)17-26-21(25)16-23(18-10-4-1-5-11-18)19-12-6-2-7-13-19/h1-2,4-7,10-13H,3,8-9,14-17H2. The van der Waals surface area contributed by atoms with E-state index in [9.17, 15) is 9.59 Å². The Balaban J connectivity index is 1.61. The lowest BCUT2D eigenvalue weighted by Crippen LogP contribution is -2.39. The molecule has 2 aromatic carbocycles. The molecule has 136 valence electrons. The fourth-order valence-corrected chi connectivity index (χ4v) is 3.10. The maximum absolute atomic E-state index is 12.4. The molecular weight excluding hydrogens is 328 g/mol. The van der Waals surface area contributed by atoms with E-state index < -0.39 is 5.97 Å². The predicted octanol–water partition coefficient (Wildman–Crippen LogP) is 3.38. The summed E-state index contributed by atoms with van der Waals surface area (Å²) in [7, 11) is 0. The van der Waals surface area contributed by atoms with Gasteiger partial charge in [-0.05, 0) is 43.5 Å². The lowest BCUT2D eigenvalue weighted by Gasteiger charge is -2.27. The summed E-state index contributed by atoms with van der Waals surface area (Å²) in [6.07, 6.45) is 3.21. The van der Waals surface area contributed by atoms with Gasteiger partial charge < -0.3 is 14.5 Å². The van der Waals surface area contributed by atoms with Gasteiger partial charge in [0.25, 0.3) is 5.91 Å². The summed E-state index contributed by atoms with van der Waals surface area (Å²) in [5.74, 6) is -0.521. The molecule has 26 heavy (non-hydrogen) atoms. The van der Waals surface area contributed by atoms with Gasteiger partial charge in [0.1, 0.15) is 6.54 Å². The van der Waals surface area contributed by atoms with Gasteiger partial charge >= 0.3 is 5.97 Å². The van der Waals surface area contributed by atoms with Gasteiger partial charge in [-0.1, -0.05) is 36.4 Å². The molecule has 1 amide bonds. The SMILES string of the molecule is O=C(CN(c1ccccc1)c1ccccc1)OCC(=O)N1CCCCC1. The molecule has 0 bridgehead atoms. The zero-order chi connectivity index (χ0) is 18.2. The monoisotopic (exact) mass is 352 g/mol. The van der Waals surface area contributed by atoms with Crippen molar-refractivity contribution >= 4 is 23.3 Å². The van der Waals surface area contributed by atoms with Gasteiger partial charge in [-0.3, -0.25) is 9.59 Å². The quantitative estimate of drug-likeness (QED) is 0.748. The van der Waals surface area contributed by atoms with Crippen LogP contribution >= 0.6 is 0 Å². The summed E-state index contributed by atoms with van der Waals surface area (Å²) in [6.45, 7) is 1.39. The summed E-state index contributed by atoms with van der Waals surface area (Å²) in [4.78, 5) is 28.2. The first-order chi connectivity index (χ1) is 12.7. The van der Waals surface area contributed by atoms with Crippen LogP contribution in [0, 0.1) is 0 Å². The Hall–Kier alpha value is -2.82. The van der Waals surface area contributed by atoms with Crippen molar-refractivity contribution in [2.24, 2.45) is 0 Å². The molecule has 1 heterocycles. The van der Waals surface area contributed by atoms with Gasteiger partial charge in [0.05, 0.1) is 0 Å². The maximum atomic E-state index is 12.4. The van der Waals surface area contributed by atoms with Gasteiger partial charge in [0.15, 0.2) is 6.61 Å². The molecule has 1 saturated heterocycles. The zero-order valence-electron chi connectivity index (χ0n) is 14.8. The van der Waals surface area contributed by atoms with Crippen molar-refractivity contribution in [3.8, 4) is 0 Å². The van der Waals surface area contributed by atoms with Crippen molar-refractivity contribution in [2.75, 3.05) is 31.1 Å². The highest BCUT2D eigenvalue weighted by Crippen LogP contribution is 2.24. The molecule has 1 aliphatic heterocycles. The van der Waals surface area contributed by atoms with Crippen LogP contribution in [0.25, 0.3) is 0 Å². The second kappa shape index (κ2) is 9.04. The minimum Gasteiger partial charge on any atom is -0.454 e. The number of benzene rings is 2. The molecule has 5 nitrogen and oxygen atoms in total.